The molecule has 24 nitrogen and oxygen atoms in total. The Balaban J connectivity index is 0.984. The average Bonchev–Trinajstić information content (AvgIpc) is 3.32. The van der Waals surface area contributed by atoms with Crippen LogP contribution in [-0.2, 0) is 37.9 Å². The molecule has 0 aromatic carbocycles. The first-order valence-electron chi connectivity index (χ1n) is 23.9. The Morgan fingerprint density at radius 2 is 0.841 bits per heavy atom. The Kier molecular flexibility index (Phi) is 22.8. The maximum atomic E-state index is 11.3. The number of ether oxygens (including phenoxy) is 8. The van der Waals surface area contributed by atoms with Crippen LogP contribution in [0.15, 0.2) is 0 Å². The van der Waals surface area contributed by atoms with E-state index >= 15 is 0 Å². The summed E-state index contributed by atoms with van der Waals surface area (Å²) in [6, 6.07) is 0. The molecule has 0 aromatic heterocycles. The number of thiocarbonyl (C=S) groups is 3. The molecule has 0 aromatic rings. The lowest BCUT2D eigenvalue weighted by molar-refractivity contribution is -0.355. The maximum Gasteiger partial charge on any atom is 0.186 e. The van der Waals surface area contributed by atoms with Gasteiger partial charge in [0.05, 0.1) is 42.6 Å². The van der Waals surface area contributed by atoms with Crippen molar-refractivity contribution in [2.24, 2.45) is 11.8 Å². The molecule has 20 atom stereocenters. The molecule has 12 rings (SSSR count). The normalized spacial score (nSPS) is 40.9. The van der Waals surface area contributed by atoms with E-state index in [0.717, 1.165) is 0 Å². The monoisotopic (exact) mass is 1050 g/mol. The molecular formula is C42H74N6O18S3. The number of nitrogens with zero attached hydrogens (tertiary/aromatic N) is 1. The molecule has 69 heavy (non-hydrogen) atoms. The predicted octanol–water partition coefficient (Wildman–Crippen LogP) is -5.67. The van der Waals surface area contributed by atoms with Gasteiger partial charge in [-0.15, -0.1) is 0 Å². The molecule has 12 aliphatic heterocycles. The SMILES string of the molecule is CC(=S)NCCN(CCNC(=S)NCC1OC2OC3C(CO)OC(OCCCCC1C(O)C2O)C(O)C3O)CCNC(=S)NCC1OC2OC3C(CO)OC(OCCCCC1C(O)C2O)C(O)C3O. The van der Waals surface area contributed by atoms with Gasteiger partial charge in [0.2, 0.25) is 0 Å². The van der Waals surface area contributed by atoms with Gasteiger partial charge in [-0.2, -0.15) is 0 Å². The third-order valence-electron chi connectivity index (χ3n) is 13.5. The predicted molar refractivity (Wildman–Crippen MR) is 253 cm³/mol. The van der Waals surface area contributed by atoms with Crippen molar-refractivity contribution < 1.29 is 89.0 Å². The fourth-order valence-corrected chi connectivity index (χ4v) is 10.1. The van der Waals surface area contributed by atoms with Gasteiger partial charge in [0.25, 0.3) is 0 Å². The lowest BCUT2D eigenvalue weighted by Gasteiger charge is -2.47. The highest BCUT2D eigenvalue weighted by Crippen LogP contribution is 2.36. The Morgan fingerprint density at radius 3 is 1.23 bits per heavy atom. The van der Waals surface area contributed by atoms with Gasteiger partial charge in [0.15, 0.2) is 35.4 Å². The van der Waals surface area contributed by atoms with E-state index < -0.39 is 136 Å². The van der Waals surface area contributed by atoms with Crippen LogP contribution in [0.4, 0.5) is 0 Å². The van der Waals surface area contributed by atoms with Crippen molar-refractivity contribution in [1.82, 2.24) is 31.5 Å². The second-order valence-corrected chi connectivity index (χ2v) is 19.8. The topological polar surface area (TPSA) is 340 Å². The third-order valence-corrected chi connectivity index (χ3v) is 14.2. The highest BCUT2D eigenvalue weighted by atomic mass is 32.1. The lowest BCUT2D eigenvalue weighted by Crippen LogP contribution is -2.64. The Hall–Kier alpha value is -1.49. The number of hydrogen-bond acceptors (Lipinski definition) is 22. The van der Waals surface area contributed by atoms with E-state index in [-0.39, 0.29) is 26.3 Å². The van der Waals surface area contributed by atoms with Crippen LogP contribution in [0.5, 0.6) is 0 Å². The number of hydrogen-bond donors (Lipinski definition) is 15. The molecule has 15 N–H and O–H groups in total. The molecule has 12 saturated heterocycles. The molecule has 12 heterocycles. The molecular weight excluding hydrogens is 973 g/mol. The minimum Gasteiger partial charge on any atom is -0.394 e. The summed E-state index contributed by atoms with van der Waals surface area (Å²) in [5.74, 6) is -1.04. The zero-order valence-corrected chi connectivity index (χ0v) is 41.1. The fourth-order valence-electron chi connectivity index (χ4n) is 9.59. The molecule has 0 amide bonds. The molecule has 27 heteroatoms. The molecule has 12 aliphatic rings. The molecule has 0 aliphatic carbocycles. The van der Waals surface area contributed by atoms with Crippen LogP contribution in [0.2, 0.25) is 0 Å². The van der Waals surface area contributed by atoms with Gasteiger partial charge in [0.1, 0.15) is 61.0 Å². The van der Waals surface area contributed by atoms with Gasteiger partial charge >= 0.3 is 0 Å². The van der Waals surface area contributed by atoms with Crippen LogP contribution >= 0.6 is 36.7 Å². The highest BCUT2D eigenvalue weighted by molar-refractivity contribution is 7.80. The molecule has 8 bridgehead atoms. The van der Waals surface area contributed by atoms with Crippen LogP contribution in [-0.4, -0.2) is 261 Å². The molecule has 12 fully saturated rings. The third kappa shape index (κ3) is 15.3. The van der Waals surface area contributed by atoms with Crippen LogP contribution in [0, 0.1) is 11.8 Å². The number of aliphatic hydroxyl groups is 10. The first kappa shape index (κ1) is 56.8. The summed E-state index contributed by atoms with van der Waals surface area (Å²) in [5, 5.41) is 124. The van der Waals surface area contributed by atoms with E-state index in [2.05, 4.69) is 31.5 Å². The molecule has 20 unspecified atom stereocenters. The number of rotatable bonds is 15. The maximum absolute atomic E-state index is 11.3. The Morgan fingerprint density at radius 1 is 0.464 bits per heavy atom. The van der Waals surface area contributed by atoms with Gasteiger partial charge in [-0.05, 0) is 57.0 Å². The largest absolute Gasteiger partial charge is 0.394 e. The van der Waals surface area contributed by atoms with Gasteiger partial charge in [-0.3, -0.25) is 4.90 Å². The second-order valence-electron chi connectivity index (χ2n) is 18.3. The lowest BCUT2D eigenvalue weighted by atomic mass is 9.84. The average molecular weight is 1050 g/mol. The van der Waals surface area contributed by atoms with E-state index in [0.29, 0.717) is 93.0 Å². The molecule has 0 radical (unpaired) electrons. The van der Waals surface area contributed by atoms with E-state index in [1.807, 2.05) is 0 Å². The van der Waals surface area contributed by atoms with E-state index in [4.69, 9.17) is 74.5 Å². The van der Waals surface area contributed by atoms with Gasteiger partial charge < -0.3 is 116 Å². The van der Waals surface area contributed by atoms with Crippen molar-refractivity contribution in [1.29, 1.82) is 0 Å². The molecule has 398 valence electrons. The Bertz CT molecular complexity index is 1510. The second kappa shape index (κ2) is 27.7. The zero-order chi connectivity index (χ0) is 49.8. The van der Waals surface area contributed by atoms with Crippen LogP contribution in [0.1, 0.15) is 45.4 Å². The van der Waals surface area contributed by atoms with Crippen molar-refractivity contribution in [3.05, 3.63) is 0 Å². The van der Waals surface area contributed by atoms with Crippen molar-refractivity contribution in [3.8, 4) is 0 Å². The summed E-state index contributed by atoms with van der Waals surface area (Å²) in [6.45, 7) is 4.45. The smallest absolute Gasteiger partial charge is 0.186 e. The van der Waals surface area contributed by atoms with Crippen molar-refractivity contribution in [3.63, 3.8) is 0 Å². The van der Waals surface area contributed by atoms with Crippen molar-refractivity contribution in [2.45, 2.75) is 156 Å². The standard InChI is InChI=1S/C42H74N6O18S3/c1-20(67)43-8-11-48(12-9-44-41(68)46-16-23-21-6-2-4-14-59-37-33(57)29(53)35(25(18-49)63-37)65-39(61-23)31(55)27(21)51)13-10-45-42(69)47-17-24-22-7-3-5-15-60-38-34(58)30(54)36(26(19-50)64-38)66-40(62-24)32(56)28(22)52/h21-40,49-58H,2-19H2,1H3,(H,43,67)(H2,44,46,68)(H2,45,47,69). The van der Waals surface area contributed by atoms with Crippen LogP contribution < -0.4 is 26.6 Å². The van der Waals surface area contributed by atoms with Gasteiger partial charge in [-0.25, -0.2) is 0 Å². The summed E-state index contributed by atoms with van der Waals surface area (Å²) in [7, 11) is 0. The van der Waals surface area contributed by atoms with Crippen LogP contribution in [0.25, 0.3) is 0 Å². The minimum absolute atomic E-state index is 0.132. The fraction of sp³-hybridized carbons (Fsp3) is 0.929. The Labute approximate surface area is 417 Å². The molecule has 0 spiro atoms. The summed E-state index contributed by atoms with van der Waals surface area (Å²) in [6.07, 6.45) is -19.9. The van der Waals surface area contributed by atoms with Crippen molar-refractivity contribution in [2.75, 3.05) is 78.8 Å². The quantitative estimate of drug-likeness (QED) is 0.0680. The summed E-state index contributed by atoms with van der Waals surface area (Å²) >= 11 is 16.5. The number of nitrogens with one attached hydrogen (secondary N) is 5. The summed E-state index contributed by atoms with van der Waals surface area (Å²) in [5.41, 5.74) is 0. The summed E-state index contributed by atoms with van der Waals surface area (Å²) in [4.78, 5) is 2.82. The van der Waals surface area contributed by atoms with E-state index in [9.17, 15) is 51.1 Å². The summed E-state index contributed by atoms with van der Waals surface area (Å²) < 4.78 is 47.0. The van der Waals surface area contributed by atoms with E-state index in [1.54, 1.807) is 6.92 Å². The zero-order valence-electron chi connectivity index (χ0n) is 38.7. The first-order valence-corrected chi connectivity index (χ1v) is 25.2. The minimum atomic E-state index is -1.55. The highest BCUT2D eigenvalue weighted by Gasteiger charge is 2.53. The van der Waals surface area contributed by atoms with Gasteiger partial charge in [-0.1, -0.05) is 25.1 Å². The first-order chi connectivity index (χ1) is 33.1. The number of aliphatic hydroxyl groups excluding tert-OH is 10. The molecule has 0 saturated carbocycles. The van der Waals surface area contributed by atoms with Crippen LogP contribution in [0.3, 0.4) is 0 Å². The van der Waals surface area contributed by atoms with E-state index in [1.165, 1.54) is 0 Å². The van der Waals surface area contributed by atoms with Gasteiger partial charge in [0, 0.05) is 77.4 Å². The van der Waals surface area contributed by atoms with Crippen molar-refractivity contribution >= 4 is 51.9 Å².